The summed E-state index contributed by atoms with van der Waals surface area (Å²) in [5, 5.41) is 0. The highest BCUT2D eigenvalue weighted by Crippen LogP contribution is 2.02. The summed E-state index contributed by atoms with van der Waals surface area (Å²) in [5.74, 6) is 0. The maximum atomic E-state index is 5.08. The maximum Gasteiger partial charge on any atom is 0.496 e. The third-order valence-electron chi connectivity index (χ3n) is 2.34. The van der Waals surface area contributed by atoms with E-state index < -0.39 is 25.4 Å². The molecule has 0 aromatic carbocycles. The van der Waals surface area contributed by atoms with E-state index in [1.54, 1.807) is 35.5 Å². The molecule has 0 amide bonds. The standard InChI is InChI=1S/C4H12O3Si.2C4H12OSi/c1-5-8(4,6-2)7-3;2*1-5-6(2,3)4/h1-4H3;2*1-4H3. The van der Waals surface area contributed by atoms with E-state index in [9.17, 15) is 0 Å². The Morgan fingerprint density at radius 3 is 0.550 bits per heavy atom. The second-order valence-electron chi connectivity index (χ2n) is 6.11. The van der Waals surface area contributed by atoms with E-state index in [0.717, 1.165) is 0 Å². The molecule has 126 valence electrons. The van der Waals surface area contributed by atoms with Gasteiger partial charge in [-0.2, -0.15) is 0 Å². The largest absolute Gasteiger partial charge is 0.496 e. The van der Waals surface area contributed by atoms with Gasteiger partial charge in [0.05, 0.1) is 0 Å². The summed E-state index contributed by atoms with van der Waals surface area (Å²) in [6.45, 7) is 14.8. The maximum absolute atomic E-state index is 5.08. The van der Waals surface area contributed by atoms with Gasteiger partial charge in [-0.25, -0.2) is 0 Å². The van der Waals surface area contributed by atoms with Crippen molar-refractivity contribution in [2.24, 2.45) is 0 Å². The van der Waals surface area contributed by atoms with Crippen LogP contribution in [0.3, 0.4) is 0 Å². The summed E-state index contributed by atoms with van der Waals surface area (Å²) in [5.41, 5.74) is 0. The number of hydrogen-bond acceptors (Lipinski definition) is 5. The van der Waals surface area contributed by atoms with Gasteiger partial charge in [0.1, 0.15) is 0 Å². The summed E-state index contributed by atoms with van der Waals surface area (Å²) in [7, 11) is 3.85. The molecular weight excluding hydrogens is 308 g/mol. The minimum atomic E-state index is -2.17. The first-order valence-electron chi connectivity index (χ1n) is 6.56. The van der Waals surface area contributed by atoms with Crippen LogP contribution in [0, 0.1) is 0 Å². The summed E-state index contributed by atoms with van der Waals surface area (Å²) in [6, 6.07) is 0. The Hall–Kier alpha value is 0.451. The summed E-state index contributed by atoms with van der Waals surface area (Å²) in [4.78, 5) is 0. The summed E-state index contributed by atoms with van der Waals surface area (Å²) < 4.78 is 24.9. The fraction of sp³-hybridized carbons (Fsp3) is 1.00. The summed E-state index contributed by atoms with van der Waals surface area (Å²) >= 11 is 0. The van der Waals surface area contributed by atoms with Gasteiger partial charge in [0, 0.05) is 42.1 Å². The molecule has 0 saturated heterocycles. The van der Waals surface area contributed by atoms with Gasteiger partial charge < -0.3 is 22.1 Å². The zero-order valence-corrected chi connectivity index (χ0v) is 18.5. The van der Waals surface area contributed by atoms with Crippen LogP contribution >= 0.6 is 0 Å². The highest BCUT2D eigenvalue weighted by molar-refractivity contribution is 6.70. The molecule has 0 unspecified atom stereocenters. The molecule has 20 heavy (non-hydrogen) atoms. The molecule has 0 spiro atoms. The minimum Gasteiger partial charge on any atom is -0.421 e. The first kappa shape index (κ1) is 25.4. The van der Waals surface area contributed by atoms with Gasteiger partial charge in [-0.15, -0.1) is 0 Å². The van der Waals surface area contributed by atoms with Crippen LogP contribution in [0.2, 0.25) is 45.8 Å². The van der Waals surface area contributed by atoms with Crippen molar-refractivity contribution in [2.45, 2.75) is 45.8 Å². The highest BCUT2D eigenvalue weighted by Gasteiger charge is 2.29. The van der Waals surface area contributed by atoms with Crippen LogP contribution in [0.4, 0.5) is 0 Å². The lowest BCUT2D eigenvalue weighted by atomic mass is 11.8. The topological polar surface area (TPSA) is 46.2 Å². The Labute approximate surface area is 129 Å². The molecule has 0 aliphatic rings. The molecule has 5 nitrogen and oxygen atoms in total. The third-order valence-corrected chi connectivity index (χ3v) is 7.01. The first-order chi connectivity index (χ1) is 8.80. The van der Waals surface area contributed by atoms with E-state index in [2.05, 4.69) is 39.3 Å². The molecule has 0 bridgehead atoms. The first-order valence-corrected chi connectivity index (χ1v) is 15.6. The van der Waals surface area contributed by atoms with Crippen molar-refractivity contribution in [3.05, 3.63) is 0 Å². The van der Waals surface area contributed by atoms with E-state index in [1.807, 2.05) is 6.55 Å². The number of rotatable bonds is 5. The van der Waals surface area contributed by atoms with E-state index in [-0.39, 0.29) is 0 Å². The molecular formula is C12H36O5Si3. The van der Waals surface area contributed by atoms with Gasteiger partial charge in [0.15, 0.2) is 16.6 Å². The molecule has 0 saturated carbocycles. The highest BCUT2D eigenvalue weighted by atomic mass is 28.4. The van der Waals surface area contributed by atoms with Crippen LogP contribution in [0.25, 0.3) is 0 Å². The lowest BCUT2D eigenvalue weighted by Crippen LogP contribution is -2.38. The second-order valence-corrected chi connectivity index (χ2v) is 18.3. The monoisotopic (exact) mass is 344 g/mol. The summed E-state index contributed by atoms with van der Waals surface area (Å²) in [6.07, 6.45) is 0. The van der Waals surface area contributed by atoms with Crippen molar-refractivity contribution in [1.82, 2.24) is 0 Å². The van der Waals surface area contributed by atoms with E-state index in [0.29, 0.717) is 0 Å². The normalized spacial score (nSPS) is 12.0. The third kappa shape index (κ3) is 23.5. The van der Waals surface area contributed by atoms with E-state index >= 15 is 0 Å². The van der Waals surface area contributed by atoms with Crippen molar-refractivity contribution in [3.63, 3.8) is 0 Å². The van der Waals surface area contributed by atoms with Gasteiger partial charge in [0.2, 0.25) is 0 Å². The molecule has 0 fully saturated rings. The molecule has 0 aromatic heterocycles. The molecule has 0 heterocycles. The Bertz CT molecular complexity index is 188. The van der Waals surface area contributed by atoms with Crippen LogP contribution in [0.5, 0.6) is 0 Å². The Morgan fingerprint density at radius 2 is 0.550 bits per heavy atom. The zero-order chi connectivity index (χ0) is 17.0. The average Bonchev–Trinajstić information content (AvgIpc) is 2.37. The van der Waals surface area contributed by atoms with E-state index in [1.165, 1.54) is 0 Å². The van der Waals surface area contributed by atoms with Crippen LogP contribution in [0.1, 0.15) is 0 Å². The predicted octanol–water partition coefficient (Wildman–Crippen LogP) is 3.43. The Morgan fingerprint density at radius 1 is 0.400 bits per heavy atom. The predicted molar refractivity (Wildman–Crippen MR) is 93.4 cm³/mol. The van der Waals surface area contributed by atoms with E-state index in [4.69, 9.17) is 22.1 Å². The van der Waals surface area contributed by atoms with Crippen molar-refractivity contribution in [1.29, 1.82) is 0 Å². The molecule has 0 radical (unpaired) electrons. The van der Waals surface area contributed by atoms with Crippen LogP contribution in [0.15, 0.2) is 0 Å². The van der Waals surface area contributed by atoms with Crippen LogP contribution in [-0.4, -0.2) is 61.0 Å². The molecule has 0 rings (SSSR count). The van der Waals surface area contributed by atoms with Gasteiger partial charge in [-0.1, -0.05) is 0 Å². The van der Waals surface area contributed by atoms with Crippen LogP contribution < -0.4 is 0 Å². The molecule has 0 aliphatic carbocycles. The zero-order valence-electron chi connectivity index (χ0n) is 15.5. The van der Waals surface area contributed by atoms with Crippen molar-refractivity contribution < 1.29 is 22.1 Å². The lowest BCUT2D eigenvalue weighted by molar-refractivity contribution is 0.132. The quantitative estimate of drug-likeness (QED) is 0.715. The number of hydrogen-bond donors (Lipinski definition) is 0. The fourth-order valence-corrected chi connectivity index (χ4v) is 0.750. The molecule has 0 N–H and O–H groups in total. The van der Waals surface area contributed by atoms with Gasteiger partial charge in [-0.3, -0.25) is 0 Å². The van der Waals surface area contributed by atoms with Crippen molar-refractivity contribution in [2.75, 3.05) is 35.5 Å². The van der Waals surface area contributed by atoms with Gasteiger partial charge in [-0.05, 0) is 39.3 Å². The Balaban J connectivity index is -0.000000221. The second kappa shape index (κ2) is 12.0. The van der Waals surface area contributed by atoms with Crippen molar-refractivity contribution in [3.8, 4) is 0 Å². The molecule has 0 aromatic rings. The smallest absolute Gasteiger partial charge is 0.421 e. The van der Waals surface area contributed by atoms with Gasteiger partial charge in [0.25, 0.3) is 0 Å². The lowest BCUT2D eigenvalue weighted by Gasteiger charge is -2.18. The minimum absolute atomic E-state index is 1.13. The molecule has 8 heteroatoms. The average molecular weight is 345 g/mol. The van der Waals surface area contributed by atoms with Gasteiger partial charge >= 0.3 is 8.80 Å². The Kier molecular flexibility index (Phi) is 15.3. The molecule has 0 aliphatic heterocycles. The van der Waals surface area contributed by atoms with Crippen molar-refractivity contribution >= 4 is 25.4 Å². The fourth-order valence-electron chi connectivity index (χ4n) is 0.250. The van der Waals surface area contributed by atoms with Crippen LogP contribution in [-0.2, 0) is 22.1 Å². The SMILES string of the molecule is CO[Si](C)(C)C.CO[Si](C)(C)C.CO[Si](C)(OC)OC. The molecule has 0 atom stereocenters.